The van der Waals surface area contributed by atoms with E-state index in [0.717, 1.165) is 12.5 Å². The Balaban J connectivity index is 2.55. The third-order valence-corrected chi connectivity index (χ3v) is 2.55. The molecule has 0 radical (unpaired) electrons. The molecule has 0 bridgehead atoms. The van der Waals surface area contributed by atoms with E-state index in [2.05, 4.69) is 21.2 Å². The molecule has 0 saturated heterocycles. The second kappa shape index (κ2) is 7.10. The first kappa shape index (κ1) is 14.6. The molecular formula is C12H13BrFNO3. The van der Waals surface area contributed by atoms with Crippen LogP contribution >= 0.6 is 15.9 Å². The number of carbonyl (C=O) groups excluding carboxylic acids is 2. The number of hydrogen-bond acceptors (Lipinski definition) is 3. The van der Waals surface area contributed by atoms with Crippen molar-refractivity contribution in [3.63, 3.8) is 0 Å². The summed E-state index contributed by atoms with van der Waals surface area (Å²) >= 11 is 3.13. The van der Waals surface area contributed by atoms with E-state index in [9.17, 15) is 14.0 Å². The van der Waals surface area contributed by atoms with Gasteiger partial charge in [-0.05, 0) is 24.6 Å². The molecule has 1 aromatic rings. The maximum atomic E-state index is 13.3. The van der Waals surface area contributed by atoms with Gasteiger partial charge in [0.2, 0.25) is 0 Å². The monoisotopic (exact) mass is 317 g/mol. The Morgan fingerprint density at radius 1 is 1.44 bits per heavy atom. The lowest BCUT2D eigenvalue weighted by atomic mass is 10.2. The van der Waals surface area contributed by atoms with E-state index in [1.165, 1.54) is 12.1 Å². The van der Waals surface area contributed by atoms with Crippen LogP contribution in [0.15, 0.2) is 22.7 Å². The first-order valence-corrected chi connectivity index (χ1v) is 6.22. The van der Waals surface area contributed by atoms with Gasteiger partial charge in [0.25, 0.3) is 5.91 Å². The fraction of sp³-hybridized carbons (Fsp3) is 0.333. The minimum Gasteiger partial charge on any atom is -0.452 e. The summed E-state index contributed by atoms with van der Waals surface area (Å²) in [6.45, 7) is 2.01. The molecule has 0 aromatic heterocycles. The Bertz CT molecular complexity index is 451. The van der Waals surface area contributed by atoms with Crippen LogP contribution in [0.4, 0.5) is 4.39 Å². The van der Waals surface area contributed by atoms with Crippen molar-refractivity contribution in [2.24, 2.45) is 0 Å². The van der Waals surface area contributed by atoms with Crippen LogP contribution in [0.5, 0.6) is 0 Å². The fourth-order valence-corrected chi connectivity index (χ4v) is 1.54. The van der Waals surface area contributed by atoms with Gasteiger partial charge in [0.15, 0.2) is 6.61 Å². The second-order valence-electron chi connectivity index (χ2n) is 3.55. The van der Waals surface area contributed by atoms with Gasteiger partial charge in [0.1, 0.15) is 5.82 Å². The molecule has 0 heterocycles. The quantitative estimate of drug-likeness (QED) is 0.848. The first-order valence-electron chi connectivity index (χ1n) is 5.43. The maximum Gasteiger partial charge on any atom is 0.341 e. The molecule has 0 aliphatic heterocycles. The van der Waals surface area contributed by atoms with E-state index in [0.29, 0.717) is 11.0 Å². The number of benzene rings is 1. The highest BCUT2D eigenvalue weighted by Crippen LogP contribution is 2.16. The minimum absolute atomic E-state index is 0.201. The highest BCUT2D eigenvalue weighted by molar-refractivity contribution is 9.10. The van der Waals surface area contributed by atoms with E-state index in [-0.39, 0.29) is 5.56 Å². The first-order chi connectivity index (χ1) is 8.54. The highest BCUT2D eigenvalue weighted by atomic mass is 79.9. The molecule has 1 aromatic carbocycles. The van der Waals surface area contributed by atoms with Gasteiger partial charge < -0.3 is 10.1 Å². The number of rotatable bonds is 5. The van der Waals surface area contributed by atoms with Crippen molar-refractivity contribution < 1.29 is 18.7 Å². The van der Waals surface area contributed by atoms with Gasteiger partial charge in [-0.3, -0.25) is 4.79 Å². The van der Waals surface area contributed by atoms with E-state index in [1.807, 2.05) is 6.92 Å². The molecule has 0 aliphatic carbocycles. The number of amides is 1. The molecule has 1 N–H and O–H groups in total. The lowest BCUT2D eigenvalue weighted by Gasteiger charge is -2.06. The predicted octanol–water partition coefficient (Wildman–Crippen LogP) is 2.27. The van der Waals surface area contributed by atoms with Crippen molar-refractivity contribution >= 4 is 27.8 Å². The highest BCUT2D eigenvalue weighted by Gasteiger charge is 2.14. The lowest BCUT2D eigenvalue weighted by Crippen LogP contribution is -2.29. The van der Waals surface area contributed by atoms with E-state index < -0.39 is 24.3 Å². The topological polar surface area (TPSA) is 55.4 Å². The van der Waals surface area contributed by atoms with Crippen molar-refractivity contribution in [2.75, 3.05) is 13.2 Å². The Morgan fingerprint density at radius 3 is 2.83 bits per heavy atom. The fourth-order valence-electron chi connectivity index (χ4n) is 1.18. The summed E-state index contributed by atoms with van der Waals surface area (Å²) in [5.74, 6) is -1.95. The van der Waals surface area contributed by atoms with Crippen LogP contribution in [-0.2, 0) is 9.53 Å². The molecule has 4 nitrogen and oxygen atoms in total. The summed E-state index contributed by atoms with van der Waals surface area (Å²) in [7, 11) is 0. The number of nitrogens with one attached hydrogen (secondary N) is 1. The number of halogens is 2. The van der Waals surface area contributed by atoms with Gasteiger partial charge in [-0.2, -0.15) is 0 Å². The molecule has 1 amide bonds. The molecule has 98 valence electrons. The van der Waals surface area contributed by atoms with Gasteiger partial charge in [-0.25, -0.2) is 9.18 Å². The van der Waals surface area contributed by atoms with Crippen molar-refractivity contribution in [3.8, 4) is 0 Å². The maximum absolute atomic E-state index is 13.3. The van der Waals surface area contributed by atoms with Gasteiger partial charge in [-0.15, -0.1) is 0 Å². The van der Waals surface area contributed by atoms with Crippen LogP contribution in [-0.4, -0.2) is 25.0 Å². The SMILES string of the molecule is CCCNC(=O)COC(=O)c1cc(Br)ccc1F. The van der Waals surface area contributed by atoms with Crippen LogP contribution in [0.3, 0.4) is 0 Å². The van der Waals surface area contributed by atoms with Crippen molar-refractivity contribution in [3.05, 3.63) is 34.1 Å². The minimum atomic E-state index is -0.861. The Hall–Kier alpha value is -1.43. The van der Waals surface area contributed by atoms with Crippen molar-refractivity contribution in [2.45, 2.75) is 13.3 Å². The standard InChI is InChI=1S/C12H13BrFNO3/c1-2-5-15-11(16)7-18-12(17)9-6-8(13)3-4-10(9)14/h3-4,6H,2,5,7H2,1H3,(H,15,16). The summed E-state index contributed by atoms with van der Waals surface area (Å²) in [6, 6.07) is 3.93. The summed E-state index contributed by atoms with van der Waals surface area (Å²) < 4.78 is 18.6. The summed E-state index contributed by atoms with van der Waals surface area (Å²) in [5.41, 5.74) is -0.201. The molecule has 0 fully saturated rings. The zero-order chi connectivity index (χ0) is 13.5. The predicted molar refractivity (Wildman–Crippen MR) is 67.7 cm³/mol. The number of esters is 1. The number of hydrogen-bond donors (Lipinski definition) is 1. The molecule has 0 aliphatic rings. The summed E-state index contributed by atoms with van der Waals surface area (Å²) in [6.07, 6.45) is 0.792. The third kappa shape index (κ3) is 4.44. The Kier molecular flexibility index (Phi) is 5.77. The number of ether oxygens (including phenoxy) is 1. The third-order valence-electron chi connectivity index (χ3n) is 2.05. The second-order valence-corrected chi connectivity index (χ2v) is 4.47. The average Bonchev–Trinajstić information content (AvgIpc) is 2.36. The zero-order valence-corrected chi connectivity index (χ0v) is 11.4. The molecule has 6 heteroatoms. The number of carbonyl (C=O) groups is 2. The van der Waals surface area contributed by atoms with E-state index in [1.54, 1.807) is 0 Å². The summed E-state index contributed by atoms with van der Waals surface area (Å²) in [5, 5.41) is 2.55. The molecule has 0 atom stereocenters. The Morgan fingerprint density at radius 2 is 2.17 bits per heavy atom. The van der Waals surface area contributed by atoms with Gasteiger partial charge in [0.05, 0.1) is 5.56 Å². The molecule has 1 rings (SSSR count). The molecule has 0 saturated carbocycles. The molecule has 0 unspecified atom stereocenters. The Labute approximate surface area is 113 Å². The van der Waals surface area contributed by atoms with Crippen molar-refractivity contribution in [1.82, 2.24) is 5.32 Å². The smallest absolute Gasteiger partial charge is 0.341 e. The van der Waals surface area contributed by atoms with Gasteiger partial charge in [0, 0.05) is 11.0 Å². The van der Waals surface area contributed by atoms with E-state index in [4.69, 9.17) is 4.74 Å². The van der Waals surface area contributed by atoms with Gasteiger partial charge >= 0.3 is 5.97 Å². The van der Waals surface area contributed by atoms with Gasteiger partial charge in [-0.1, -0.05) is 22.9 Å². The molecular weight excluding hydrogens is 305 g/mol. The van der Waals surface area contributed by atoms with Crippen LogP contribution < -0.4 is 5.32 Å². The van der Waals surface area contributed by atoms with Crippen LogP contribution in [0, 0.1) is 5.82 Å². The largest absolute Gasteiger partial charge is 0.452 e. The average molecular weight is 318 g/mol. The molecule has 18 heavy (non-hydrogen) atoms. The van der Waals surface area contributed by atoms with E-state index >= 15 is 0 Å². The summed E-state index contributed by atoms with van der Waals surface area (Å²) in [4.78, 5) is 22.7. The van der Waals surface area contributed by atoms with Crippen LogP contribution in [0.2, 0.25) is 0 Å². The molecule has 0 spiro atoms. The zero-order valence-electron chi connectivity index (χ0n) is 9.83. The van der Waals surface area contributed by atoms with Crippen LogP contribution in [0.1, 0.15) is 23.7 Å². The van der Waals surface area contributed by atoms with Crippen molar-refractivity contribution in [1.29, 1.82) is 0 Å². The van der Waals surface area contributed by atoms with Crippen LogP contribution in [0.25, 0.3) is 0 Å². The lowest BCUT2D eigenvalue weighted by molar-refractivity contribution is -0.124. The normalized spacial score (nSPS) is 9.94.